The molecule has 3 aromatic rings. The van der Waals surface area contributed by atoms with Gasteiger partial charge in [0.15, 0.2) is 11.5 Å². The zero-order chi connectivity index (χ0) is 23.1. The van der Waals surface area contributed by atoms with Crippen molar-refractivity contribution in [1.29, 1.82) is 0 Å². The molecule has 0 atom stereocenters. The first-order valence-corrected chi connectivity index (χ1v) is 9.39. The number of methoxy groups -OCH3 is 1. The molecule has 1 aromatic heterocycles. The predicted octanol–water partition coefficient (Wildman–Crippen LogP) is 4.59. The number of hydrogen-bond donors (Lipinski definition) is 1. The van der Waals surface area contributed by atoms with Crippen molar-refractivity contribution in [2.45, 2.75) is 6.61 Å². The van der Waals surface area contributed by atoms with Crippen LogP contribution in [0.3, 0.4) is 0 Å². The molecule has 1 heterocycles. The van der Waals surface area contributed by atoms with Gasteiger partial charge in [-0.25, -0.2) is 4.98 Å². The SMILES string of the molecule is COc1cc(/C=N\Nc2ncccc2[N+](=O)[O-])cc(Cl)c1OCc1cccc([N+](=O)[O-])c1. The number of nitrogens with one attached hydrogen (secondary N) is 1. The number of nitro benzene ring substituents is 1. The molecule has 0 radical (unpaired) electrons. The molecule has 0 bridgehead atoms. The lowest BCUT2D eigenvalue weighted by Gasteiger charge is -2.13. The number of aromatic nitrogens is 1. The highest BCUT2D eigenvalue weighted by atomic mass is 35.5. The van der Waals surface area contributed by atoms with E-state index in [0.29, 0.717) is 16.9 Å². The Morgan fingerprint density at radius 3 is 2.69 bits per heavy atom. The first-order valence-electron chi connectivity index (χ1n) is 9.01. The molecule has 1 N–H and O–H groups in total. The van der Waals surface area contributed by atoms with Gasteiger partial charge in [0, 0.05) is 24.4 Å². The minimum absolute atomic E-state index is 0.0104. The van der Waals surface area contributed by atoms with Crippen molar-refractivity contribution in [3.05, 3.63) is 91.1 Å². The van der Waals surface area contributed by atoms with E-state index in [1.165, 1.54) is 43.8 Å². The molecule has 164 valence electrons. The molecule has 32 heavy (non-hydrogen) atoms. The van der Waals surface area contributed by atoms with Crippen LogP contribution in [0.15, 0.2) is 59.8 Å². The molecule has 0 aliphatic heterocycles. The van der Waals surface area contributed by atoms with Crippen LogP contribution < -0.4 is 14.9 Å². The molecule has 0 aliphatic rings. The van der Waals surface area contributed by atoms with Gasteiger partial charge in [-0.05, 0) is 29.3 Å². The Morgan fingerprint density at radius 1 is 1.16 bits per heavy atom. The maximum absolute atomic E-state index is 11.0. The second-order valence-electron chi connectivity index (χ2n) is 6.25. The Kier molecular flexibility index (Phi) is 7.13. The fourth-order valence-electron chi connectivity index (χ4n) is 2.67. The van der Waals surface area contributed by atoms with E-state index in [9.17, 15) is 20.2 Å². The first-order chi connectivity index (χ1) is 15.4. The van der Waals surface area contributed by atoms with E-state index < -0.39 is 9.85 Å². The quantitative estimate of drug-likeness (QED) is 0.279. The molecule has 2 aromatic carbocycles. The van der Waals surface area contributed by atoms with Gasteiger partial charge in [-0.2, -0.15) is 5.10 Å². The standard InChI is InChI=1S/C20H16ClN5O6/c1-31-18-10-14(11-23-24-20-17(26(29)30)6-3-7-22-20)9-16(21)19(18)32-12-13-4-2-5-15(8-13)25(27)28/h2-11H,12H2,1H3,(H,22,24)/b23-11-. The molecule has 0 saturated heterocycles. The summed E-state index contributed by atoms with van der Waals surface area (Å²) in [6.07, 6.45) is 2.79. The van der Waals surface area contributed by atoms with E-state index in [0.717, 1.165) is 0 Å². The van der Waals surface area contributed by atoms with Gasteiger partial charge < -0.3 is 9.47 Å². The average Bonchev–Trinajstić information content (AvgIpc) is 2.78. The molecule has 0 aliphatic carbocycles. The van der Waals surface area contributed by atoms with Gasteiger partial charge in [0.05, 0.1) is 28.2 Å². The minimum Gasteiger partial charge on any atom is -0.493 e. The Balaban J connectivity index is 1.75. The van der Waals surface area contributed by atoms with Gasteiger partial charge in [-0.3, -0.25) is 25.7 Å². The Morgan fingerprint density at radius 2 is 1.97 bits per heavy atom. The van der Waals surface area contributed by atoms with Crippen molar-refractivity contribution in [2.75, 3.05) is 12.5 Å². The zero-order valence-electron chi connectivity index (χ0n) is 16.6. The number of anilines is 1. The van der Waals surface area contributed by atoms with Crippen molar-refractivity contribution in [1.82, 2.24) is 4.98 Å². The lowest BCUT2D eigenvalue weighted by Crippen LogP contribution is -2.01. The molecule has 0 saturated carbocycles. The van der Waals surface area contributed by atoms with Crippen LogP contribution in [-0.2, 0) is 6.61 Å². The normalized spacial score (nSPS) is 10.7. The second-order valence-corrected chi connectivity index (χ2v) is 6.66. The summed E-state index contributed by atoms with van der Waals surface area (Å²) in [6, 6.07) is 12.0. The summed E-state index contributed by atoms with van der Waals surface area (Å²) >= 11 is 6.33. The van der Waals surface area contributed by atoms with Gasteiger partial charge in [0.2, 0.25) is 5.82 Å². The van der Waals surface area contributed by atoms with Crippen LogP contribution in [-0.4, -0.2) is 28.2 Å². The van der Waals surface area contributed by atoms with Gasteiger partial charge >= 0.3 is 5.69 Å². The number of nitro groups is 2. The van der Waals surface area contributed by atoms with Crippen molar-refractivity contribution in [2.24, 2.45) is 5.10 Å². The van der Waals surface area contributed by atoms with Crippen LogP contribution in [0.4, 0.5) is 17.2 Å². The number of rotatable bonds is 9. The van der Waals surface area contributed by atoms with E-state index in [4.69, 9.17) is 21.1 Å². The molecule has 12 heteroatoms. The zero-order valence-corrected chi connectivity index (χ0v) is 17.4. The number of pyridine rings is 1. The highest BCUT2D eigenvalue weighted by Gasteiger charge is 2.15. The molecule has 0 amide bonds. The monoisotopic (exact) mass is 457 g/mol. The van der Waals surface area contributed by atoms with Crippen LogP contribution in [0, 0.1) is 20.2 Å². The van der Waals surface area contributed by atoms with Crippen molar-refractivity contribution in [3.63, 3.8) is 0 Å². The van der Waals surface area contributed by atoms with E-state index in [2.05, 4.69) is 15.5 Å². The number of nitrogens with zero attached hydrogens (tertiary/aromatic N) is 4. The molecule has 0 spiro atoms. The van der Waals surface area contributed by atoms with E-state index >= 15 is 0 Å². The largest absolute Gasteiger partial charge is 0.493 e. The third-order valence-electron chi connectivity index (χ3n) is 4.12. The summed E-state index contributed by atoms with van der Waals surface area (Å²) in [5.41, 5.74) is 3.38. The highest BCUT2D eigenvalue weighted by molar-refractivity contribution is 6.32. The van der Waals surface area contributed by atoms with Gasteiger partial charge in [0.1, 0.15) is 6.61 Å². The minimum atomic E-state index is -0.571. The van der Waals surface area contributed by atoms with Crippen molar-refractivity contribution in [3.8, 4) is 11.5 Å². The molecule has 0 fully saturated rings. The first kappa shape index (κ1) is 22.4. The van der Waals surface area contributed by atoms with Gasteiger partial charge in [-0.1, -0.05) is 23.7 Å². The van der Waals surface area contributed by atoms with E-state index in [-0.39, 0.29) is 34.6 Å². The molecule has 0 unspecified atom stereocenters. The van der Waals surface area contributed by atoms with Gasteiger partial charge in [-0.15, -0.1) is 0 Å². The number of non-ortho nitro benzene ring substituents is 1. The summed E-state index contributed by atoms with van der Waals surface area (Å²) in [4.78, 5) is 24.8. The van der Waals surface area contributed by atoms with Crippen LogP contribution in [0.1, 0.15) is 11.1 Å². The smallest absolute Gasteiger partial charge is 0.313 e. The van der Waals surface area contributed by atoms with Crippen molar-refractivity contribution >= 4 is 35.0 Å². The molecule has 3 rings (SSSR count). The van der Waals surface area contributed by atoms with Crippen LogP contribution in [0.25, 0.3) is 0 Å². The molecule has 11 nitrogen and oxygen atoms in total. The fourth-order valence-corrected chi connectivity index (χ4v) is 2.94. The number of benzene rings is 2. The number of ether oxygens (including phenoxy) is 2. The van der Waals surface area contributed by atoms with Gasteiger partial charge in [0.25, 0.3) is 5.69 Å². The highest BCUT2D eigenvalue weighted by Crippen LogP contribution is 2.36. The lowest BCUT2D eigenvalue weighted by molar-refractivity contribution is -0.385. The Labute approximate surface area is 186 Å². The fraction of sp³-hybridized carbons (Fsp3) is 0.100. The number of hydrogen-bond acceptors (Lipinski definition) is 9. The lowest BCUT2D eigenvalue weighted by atomic mass is 10.2. The average molecular weight is 458 g/mol. The summed E-state index contributed by atoms with van der Waals surface area (Å²) in [7, 11) is 1.43. The topological polar surface area (TPSA) is 142 Å². The Bertz CT molecular complexity index is 1190. The maximum Gasteiger partial charge on any atom is 0.313 e. The van der Waals surface area contributed by atoms with E-state index in [1.54, 1.807) is 24.3 Å². The van der Waals surface area contributed by atoms with Crippen LogP contribution >= 0.6 is 11.6 Å². The second kappa shape index (κ2) is 10.2. The number of hydrazone groups is 1. The summed E-state index contributed by atoms with van der Waals surface area (Å²) in [5.74, 6) is 0.558. The maximum atomic E-state index is 11.0. The Hall–Kier alpha value is -4.25. The predicted molar refractivity (Wildman–Crippen MR) is 118 cm³/mol. The third-order valence-corrected chi connectivity index (χ3v) is 4.40. The van der Waals surface area contributed by atoms with Crippen molar-refractivity contribution < 1.29 is 19.3 Å². The van der Waals surface area contributed by atoms with E-state index in [1.807, 2.05) is 0 Å². The van der Waals surface area contributed by atoms with Crippen LogP contribution in [0.2, 0.25) is 5.02 Å². The summed E-state index contributed by atoms with van der Waals surface area (Å²) < 4.78 is 11.1. The molecular formula is C20H16ClN5O6. The third kappa shape index (κ3) is 5.46. The molecular weight excluding hydrogens is 442 g/mol. The summed E-state index contributed by atoms with van der Waals surface area (Å²) in [6.45, 7) is 0.0378. The summed E-state index contributed by atoms with van der Waals surface area (Å²) in [5, 5.41) is 26.1. The van der Waals surface area contributed by atoms with Crippen LogP contribution in [0.5, 0.6) is 11.5 Å². The number of halogens is 1.